The molecule has 2 fully saturated rings. The number of hydrogen-bond donors (Lipinski definition) is 2. The van der Waals surface area contributed by atoms with E-state index in [1.807, 2.05) is 11.5 Å². The van der Waals surface area contributed by atoms with Gasteiger partial charge in [0, 0.05) is 24.8 Å². The highest BCUT2D eigenvalue weighted by Gasteiger charge is 2.40. The molecule has 0 radical (unpaired) electrons. The summed E-state index contributed by atoms with van der Waals surface area (Å²) in [5, 5.41) is 6.30. The van der Waals surface area contributed by atoms with Crippen molar-refractivity contribution >= 4 is 46.3 Å². The number of carbonyl (C=O) groups is 1. The zero-order valence-electron chi connectivity index (χ0n) is 22.3. The number of halogens is 3. The summed E-state index contributed by atoms with van der Waals surface area (Å²) < 4.78 is 41.2. The van der Waals surface area contributed by atoms with Crippen LogP contribution in [0.3, 0.4) is 0 Å². The molecule has 1 aliphatic carbocycles. The van der Waals surface area contributed by atoms with Gasteiger partial charge in [-0.15, -0.1) is 0 Å². The van der Waals surface area contributed by atoms with Crippen molar-refractivity contribution in [2.45, 2.75) is 65.0 Å². The van der Waals surface area contributed by atoms with Crippen LogP contribution in [-0.4, -0.2) is 51.4 Å². The second-order valence-corrected chi connectivity index (χ2v) is 11.1. The summed E-state index contributed by atoms with van der Waals surface area (Å²) in [4.78, 5) is 26.6. The molecule has 210 valence electrons. The lowest BCUT2D eigenvalue weighted by atomic mass is 9.74. The number of anilines is 3. The van der Waals surface area contributed by atoms with Crippen LogP contribution >= 0.6 is 11.6 Å². The number of nitrogens with zero attached hydrogens (tertiary/aromatic N) is 4. The second kappa shape index (κ2) is 11.2. The lowest BCUT2D eigenvalue weighted by Gasteiger charge is -2.36. The fourth-order valence-corrected chi connectivity index (χ4v) is 5.68. The number of esters is 1. The van der Waals surface area contributed by atoms with Gasteiger partial charge in [0.25, 0.3) is 0 Å². The van der Waals surface area contributed by atoms with E-state index in [0.717, 1.165) is 18.6 Å². The summed E-state index contributed by atoms with van der Waals surface area (Å²) >= 11 is 6.19. The van der Waals surface area contributed by atoms with Crippen molar-refractivity contribution in [2.24, 2.45) is 11.3 Å². The summed E-state index contributed by atoms with van der Waals surface area (Å²) in [6, 6.07) is 1.88. The average Bonchev–Trinajstić information content (AvgIpc) is 3.25. The Labute approximate surface area is 230 Å². The Morgan fingerprint density at radius 1 is 1.26 bits per heavy atom. The van der Waals surface area contributed by atoms with Crippen LogP contribution in [0.1, 0.15) is 58.9 Å². The predicted octanol–water partition coefficient (Wildman–Crippen LogP) is 6.02. The second-order valence-electron chi connectivity index (χ2n) is 10.7. The number of imidazole rings is 1. The van der Waals surface area contributed by atoms with E-state index in [2.05, 4.69) is 27.5 Å². The van der Waals surface area contributed by atoms with Crippen molar-refractivity contribution in [3.8, 4) is 0 Å². The Hall–Kier alpha value is -3.05. The van der Waals surface area contributed by atoms with E-state index in [-0.39, 0.29) is 28.8 Å². The fourth-order valence-electron chi connectivity index (χ4n) is 5.44. The van der Waals surface area contributed by atoms with Crippen molar-refractivity contribution in [1.82, 2.24) is 19.5 Å². The Morgan fingerprint density at radius 2 is 2.03 bits per heavy atom. The number of hydrogen-bond acceptors (Lipinski definition) is 8. The zero-order chi connectivity index (χ0) is 27.7. The first-order valence-electron chi connectivity index (χ1n) is 13.4. The van der Waals surface area contributed by atoms with Gasteiger partial charge in [-0.1, -0.05) is 18.5 Å². The number of benzene rings is 1. The molecular formula is C27H33ClF2N6O3. The number of aromatic nitrogens is 4. The van der Waals surface area contributed by atoms with Crippen molar-refractivity contribution in [2.75, 3.05) is 30.5 Å². The molecule has 1 saturated carbocycles. The quantitative estimate of drug-likeness (QED) is 0.337. The third-order valence-corrected chi connectivity index (χ3v) is 8.12. The number of rotatable bonds is 7. The molecule has 3 aromatic rings. The molecule has 1 aromatic carbocycles. The average molecular weight is 563 g/mol. The van der Waals surface area contributed by atoms with Gasteiger partial charge in [0.2, 0.25) is 11.9 Å². The Kier molecular flexibility index (Phi) is 7.91. The van der Waals surface area contributed by atoms with Crippen molar-refractivity contribution in [3.05, 3.63) is 35.0 Å². The molecule has 3 heterocycles. The molecule has 2 N–H and O–H groups in total. The van der Waals surface area contributed by atoms with E-state index >= 15 is 0 Å². The molecule has 0 unspecified atom stereocenters. The lowest BCUT2D eigenvalue weighted by molar-refractivity contribution is -0.156. The summed E-state index contributed by atoms with van der Waals surface area (Å²) in [6.07, 6.45) is 4.99. The van der Waals surface area contributed by atoms with E-state index in [0.29, 0.717) is 74.5 Å². The largest absolute Gasteiger partial charge is 0.466 e. The van der Waals surface area contributed by atoms with Gasteiger partial charge in [-0.2, -0.15) is 4.98 Å². The normalized spacial score (nSPS) is 25.4. The van der Waals surface area contributed by atoms with Crippen LogP contribution in [0.2, 0.25) is 5.02 Å². The highest BCUT2D eigenvalue weighted by molar-refractivity contribution is 6.33. The first kappa shape index (κ1) is 27.5. The van der Waals surface area contributed by atoms with Gasteiger partial charge in [-0.3, -0.25) is 9.36 Å². The first-order chi connectivity index (χ1) is 18.7. The molecule has 0 spiro atoms. The van der Waals surface area contributed by atoms with Gasteiger partial charge >= 0.3 is 5.97 Å². The molecule has 2 aliphatic rings. The van der Waals surface area contributed by atoms with Gasteiger partial charge in [0.05, 0.1) is 35.5 Å². The molecule has 39 heavy (non-hydrogen) atoms. The summed E-state index contributed by atoms with van der Waals surface area (Å²) in [5.41, 5.74) is 0.423. The number of fused-ring (bicyclic) bond motifs is 1. The monoisotopic (exact) mass is 562 g/mol. The van der Waals surface area contributed by atoms with Gasteiger partial charge in [0.1, 0.15) is 11.3 Å². The van der Waals surface area contributed by atoms with E-state index in [1.165, 1.54) is 0 Å². The topological polar surface area (TPSA) is 103 Å². The van der Waals surface area contributed by atoms with Crippen LogP contribution in [-0.2, 0) is 14.3 Å². The highest BCUT2D eigenvalue weighted by atomic mass is 35.5. The number of ether oxygens (including phenoxy) is 2. The smallest absolute Gasteiger partial charge is 0.311 e. The van der Waals surface area contributed by atoms with Crippen LogP contribution in [0.5, 0.6) is 0 Å². The molecular weight excluding hydrogens is 530 g/mol. The number of nitrogens with one attached hydrogen (secondary N) is 2. The molecule has 0 bridgehead atoms. The molecule has 9 nitrogen and oxygen atoms in total. The highest BCUT2D eigenvalue weighted by Crippen LogP contribution is 2.44. The standard InChI is InChI=1S/C27H33ClF2N6O3/c1-4-39-24(37)27(3)8-5-17(6-9-27)36-23-21(13-31-25(35-23)32-20-7-10-38-14-15(20)2)33-26(36)34-22-18(28)11-16(29)12-19(22)30/h11-13,15,17,20H,4-10,14H2,1-3H3,(H,33,34)(H,31,32,35)/t15-,17-,20-,27-/m1/s1. The van der Waals surface area contributed by atoms with Crippen molar-refractivity contribution in [3.63, 3.8) is 0 Å². The predicted molar refractivity (Wildman–Crippen MR) is 144 cm³/mol. The Bertz CT molecular complexity index is 1340. The van der Waals surface area contributed by atoms with Crippen LogP contribution in [0.25, 0.3) is 11.2 Å². The molecule has 2 atom stereocenters. The summed E-state index contributed by atoms with van der Waals surface area (Å²) in [7, 11) is 0. The van der Waals surface area contributed by atoms with E-state index in [4.69, 9.17) is 26.1 Å². The zero-order valence-corrected chi connectivity index (χ0v) is 23.0. The minimum absolute atomic E-state index is 0.0795. The third-order valence-electron chi connectivity index (χ3n) is 7.82. The van der Waals surface area contributed by atoms with Gasteiger partial charge in [0.15, 0.2) is 11.5 Å². The van der Waals surface area contributed by atoms with Crippen LogP contribution in [0.4, 0.5) is 26.4 Å². The van der Waals surface area contributed by atoms with Gasteiger partial charge in [-0.25, -0.2) is 18.7 Å². The minimum Gasteiger partial charge on any atom is -0.466 e. The third kappa shape index (κ3) is 5.65. The maximum atomic E-state index is 14.7. The Balaban J connectivity index is 1.51. The van der Waals surface area contributed by atoms with E-state index < -0.39 is 17.0 Å². The van der Waals surface area contributed by atoms with Crippen LogP contribution in [0.15, 0.2) is 18.3 Å². The fraction of sp³-hybridized carbons (Fsp3) is 0.556. The van der Waals surface area contributed by atoms with Crippen LogP contribution < -0.4 is 10.6 Å². The van der Waals surface area contributed by atoms with Gasteiger partial charge in [-0.05, 0) is 57.9 Å². The lowest BCUT2D eigenvalue weighted by Crippen LogP contribution is -2.36. The number of carbonyl (C=O) groups excluding carboxylic acids is 1. The van der Waals surface area contributed by atoms with E-state index in [1.54, 1.807) is 13.1 Å². The van der Waals surface area contributed by atoms with Gasteiger partial charge < -0.3 is 20.1 Å². The summed E-state index contributed by atoms with van der Waals surface area (Å²) in [6.45, 7) is 7.51. The SMILES string of the molecule is CCOC(=O)[C@]1(C)CC[C@@H](n2c(Nc3c(F)cc(F)cc3Cl)nc3cnc(N[C@@H]4CCOC[C@H]4C)nc32)CC1. The minimum atomic E-state index is -0.834. The van der Waals surface area contributed by atoms with Crippen molar-refractivity contribution in [1.29, 1.82) is 0 Å². The van der Waals surface area contributed by atoms with Crippen LogP contribution in [0, 0.1) is 23.0 Å². The molecule has 5 rings (SSSR count). The van der Waals surface area contributed by atoms with Crippen molar-refractivity contribution < 1.29 is 23.0 Å². The summed E-state index contributed by atoms with van der Waals surface area (Å²) in [5.74, 6) is -0.732. The molecule has 2 aromatic heterocycles. The maximum absolute atomic E-state index is 14.7. The molecule has 1 aliphatic heterocycles. The molecule has 1 saturated heterocycles. The maximum Gasteiger partial charge on any atom is 0.311 e. The molecule has 12 heteroatoms. The first-order valence-corrected chi connectivity index (χ1v) is 13.7. The molecule has 0 amide bonds. The van der Waals surface area contributed by atoms with E-state index in [9.17, 15) is 13.6 Å². The Morgan fingerprint density at radius 3 is 2.72 bits per heavy atom.